The van der Waals surface area contributed by atoms with Crippen molar-refractivity contribution in [3.8, 4) is 11.5 Å². The Morgan fingerprint density at radius 1 is 1.00 bits per heavy atom. The van der Waals surface area contributed by atoms with Crippen LogP contribution in [0.5, 0.6) is 11.5 Å². The third-order valence-corrected chi connectivity index (χ3v) is 8.87. The van der Waals surface area contributed by atoms with Gasteiger partial charge in [0.2, 0.25) is 28.6 Å². The topological polar surface area (TPSA) is 173 Å². The zero-order valence-electron chi connectivity index (χ0n) is 26.5. The van der Waals surface area contributed by atoms with Crippen LogP contribution in [0, 0.1) is 11.3 Å². The molecule has 0 radical (unpaired) electrons. The summed E-state index contributed by atoms with van der Waals surface area (Å²) < 4.78 is 44.1. The van der Waals surface area contributed by atoms with Gasteiger partial charge in [0, 0.05) is 19.2 Å². The average Bonchev–Trinajstić information content (AvgIpc) is 3.45. The van der Waals surface area contributed by atoms with Crippen molar-refractivity contribution in [2.45, 2.75) is 64.1 Å². The van der Waals surface area contributed by atoms with Crippen LogP contribution >= 0.6 is 0 Å². The molecular formula is C31H44N4O9S. The first-order valence-electron chi connectivity index (χ1n) is 14.6. The SMILES string of the molecule is COC(=O)NCC(=O)NC(C(=O)NC(Cc1ccccc1)C(O)CN(CC(C)C)S(=O)(=O)c1ccc2c(c1)OCO2)C(C)(C)C. The Bertz CT molecular complexity index is 1430. The standard InChI is InChI=1S/C31H44N4O9S/c1-20(2)17-35(45(40,41)22-12-13-25-26(15-22)44-19-43-25)18-24(36)23(14-21-10-8-7-9-11-21)33-29(38)28(31(3,4)5)34-27(37)16-32-30(39)42-6/h7-13,15,20,23-24,28,36H,14,16-19H2,1-6H3,(H,32,39)(H,33,38)(H,34,37). The van der Waals surface area contributed by atoms with E-state index in [0.29, 0.717) is 11.5 Å². The number of hydrogen-bond acceptors (Lipinski definition) is 9. The first-order chi connectivity index (χ1) is 21.1. The number of aliphatic hydroxyl groups excluding tert-OH is 1. The molecule has 1 aliphatic heterocycles. The summed E-state index contributed by atoms with van der Waals surface area (Å²) in [5, 5.41) is 19.4. The fourth-order valence-electron chi connectivity index (χ4n) is 4.73. The molecule has 0 aromatic heterocycles. The highest BCUT2D eigenvalue weighted by Crippen LogP contribution is 2.35. The van der Waals surface area contributed by atoms with Crippen molar-refractivity contribution in [2.75, 3.05) is 33.5 Å². The Labute approximate surface area is 264 Å². The number of hydrogen-bond donors (Lipinski definition) is 4. The van der Waals surface area contributed by atoms with E-state index in [1.54, 1.807) is 20.8 Å². The van der Waals surface area contributed by atoms with Crippen LogP contribution in [0.3, 0.4) is 0 Å². The summed E-state index contributed by atoms with van der Waals surface area (Å²) in [5.74, 6) is -0.525. The fourth-order valence-corrected chi connectivity index (χ4v) is 6.37. The summed E-state index contributed by atoms with van der Waals surface area (Å²) in [5.41, 5.74) is 0.0362. The summed E-state index contributed by atoms with van der Waals surface area (Å²) in [4.78, 5) is 37.7. The maximum atomic E-state index is 13.8. The van der Waals surface area contributed by atoms with Gasteiger partial charge in [-0.15, -0.1) is 0 Å². The highest BCUT2D eigenvalue weighted by molar-refractivity contribution is 7.89. The largest absolute Gasteiger partial charge is 0.454 e. The molecule has 45 heavy (non-hydrogen) atoms. The number of rotatable bonds is 14. The zero-order chi connectivity index (χ0) is 33.4. The van der Waals surface area contributed by atoms with E-state index in [4.69, 9.17) is 9.47 Å². The van der Waals surface area contributed by atoms with Crippen molar-refractivity contribution in [3.63, 3.8) is 0 Å². The summed E-state index contributed by atoms with van der Waals surface area (Å²) >= 11 is 0. The molecule has 2 aromatic rings. The molecule has 0 saturated heterocycles. The maximum absolute atomic E-state index is 13.8. The Morgan fingerprint density at radius 3 is 2.29 bits per heavy atom. The van der Waals surface area contributed by atoms with Crippen LogP contribution in [0.1, 0.15) is 40.2 Å². The third-order valence-electron chi connectivity index (χ3n) is 7.04. The lowest BCUT2D eigenvalue weighted by atomic mass is 9.85. The number of methoxy groups -OCH3 is 1. The quantitative estimate of drug-likeness (QED) is 0.239. The normalized spacial score (nSPS) is 14.9. The molecule has 14 heteroatoms. The van der Waals surface area contributed by atoms with Crippen molar-refractivity contribution in [2.24, 2.45) is 11.3 Å². The van der Waals surface area contributed by atoms with Crippen molar-refractivity contribution >= 4 is 27.9 Å². The molecule has 248 valence electrons. The van der Waals surface area contributed by atoms with Gasteiger partial charge in [-0.05, 0) is 35.4 Å². The van der Waals surface area contributed by atoms with Gasteiger partial charge in [-0.25, -0.2) is 13.2 Å². The molecule has 1 aliphatic rings. The number of ether oxygens (including phenoxy) is 3. The van der Waals surface area contributed by atoms with E-state index in [2.05, 4.69) is 20.7 Å². The number of sulfonamides is 1. The molecule has 0 spiro atoms. The van der Waals surface area contributed by atoms with E-state index in [1.165, 1.54) is 29.6 Å². The van der Waals surface area contributed by atoms with Crippen molar-refractivity contribution < 1.29 is 42.1 Å². The molecule has 0 fully saturated rings. The Kier molecular flexibility index (Phi) is 12.2. The summed E-state index contributed by atoms with van der Waals surface area (Å²) in [7, 11) is -2.93. The molecule has 3 rings (SSSR count). The van der Waals surface area contributed by atoms with Gasteiger partial charge in [-0.1, -0.05) is 65.0 Å². The molecular weight excluding hydrogens is 604 g/mol. The molecule has 13 nitrogen and oxygen atoms in total. The van der Waals surface area contributed by atoms with Crippen LogP contribution in [0.15, 0.2) is 53.4 Å². The van der Waals surface area contributed by atoms with E-state index in [0.717, 1.165) is 5.56 Å². The number of carbonyl (C=O) groups is 3. The lowest BCUT2D eigenvalue weighted by molar-refractivity contribution is -0.132. The molecule has 3 unspecified atom stereocenters. The van der Waals surface area contributed by atoms with Gasteiger partial charge in [-0.3, -0.25) is 9.59 Å². The Balaban J connectivity index is 1.87. The summed E-state index contributed by atoms with van der Waals surface area (Å²) in [6.07, 6.45) is -1.95. The lowest BCUT2D eigenvalue weighted by Crippen LogP contribution is -2.59. The van der Waals surface area contributed by atoms with Gasteiger partial charge in [0.15, 0.2) is 11.5 Å². The average molecular weight is 649 g/mol. The molecule has 3 atom stereocenters. The predicted molar refractivity (Wildman–Crippen MR) is 166 cm³/mol. The van der Waals surface area contributed by atoms with Crippen molar-refractivity contribution in [3.05, 3.63) is 54.1 Å². The lowest BCUT2D eigenvalue weighted by Gasteiger charge is -2.34. The van der Waals surface area contributed by atoms with Crippen molar-refractivity contribution in [1.29, 1.82) is 0 Å². The molecule has 2 aromatic carbocycles. The molecule has 0 saturated carbocycles. The van der Waals surface area contributed by atoms with Crippen LogP contribution < -0.4 is 25.4 Å². The number of carbonyl (C=O) groups excluding carboxylic acids is 3. The Morgan fingerprint density at radius 2 is 1.67 bits per heavy atom. The van der Waals surface area contributed by atoms with E-state index < -0.39 is 58.1 Å². The van der Waals surface area contributed by atoms with Gasteiger partial charge >= 0.3 is 6.09 Å². The zero-order valence-corrected chi connectivity index (χ0v) is 27.3. The molecule has 0 aliphatic carbocycles. The number of nitrogens with zero attached hydrogens (tertiary/aromatic N) is 1. The highest BCUT2D eigenvalue weighted by Gasteiger charge is 2.37. The van der Waals surface area contributed by atoms with Gasteiger partial charge < -0.3 is 35.3 Å². The minimum absolute atomic E-state index is 0.00801. The van der Waals surface area contributed by atoms with E-state index >= 15 is 0 Å². The van der Waals surface area contributed by atoms with Gasteiger partial charge in [0.25, 0.3) is 0 Å². The number of amides is 3. The third kappa shape index (κ3) is 10.1. The van der Waals surface area contributed by atoms with E-state index in [9.17, 15) is 27.9 Å². The van der Waals surface area contributed by atoms with Gasteiger partial charge in [-0.2, -0.15) is 4.31 Å². The first kappa shape index (κ1) is 35.6. The highest BCUT2D eigenvalue weighted by atomic mass is 32.2. The number of alkyl carbamates (subject to hydrolysis) is 1. The molecule has 1 heterocycles. The number of fused-ring (bicyclic) bond motifs is 1. The second-order valence-corrected chi connectivity index (χ2v) is 14.3. The van der Waals surface area contributed by atoms with Gasteiger partial charge in [0.1, 0.15) is 12.6 Å². The number of nitrogens with one attached hydrogen (secondary N) is 3. The molecule has 3 amide bonds. The molecule has 4 N–H and O–H groups in total. The van der Waals surface area contributed by atoms with Gasteiger partial charge in [0.05, 0.1) is 24.2 Å². The van der Waals surface area contributed by atoms with Crippen LogP contribution in [-0.2, 0) is 30.8 Å². The number of benzene rings is 2. The second kappa shape index (κ2) is 15.4. The number of aliphatic hydroxyl groups is 1. The minimum Gasteiger partial charge on any atom is -0.454 e. The van der Waals surface area contributed by atoms with Crippen LogP contribution in [-0.4, -0.2) is 87.5 Å². The smallest absolute Gasteiger partial charge is 0.407 e. The summed E-state index contributed by atoms with van der Waals surface area (Å²) in [6, 6.07) is 11.5. The molecule has 0 bridgehead atoms. The van der Waals surface area contributed by atoms with Crippen molar-refractivity contribution in [1.82, 2.24) is 20.3 Å². The first-order valence-corrected chi connectivity index (χ1v) is 16.1. The van der Waals surface area contributed by atoms with E-state index in [1.807, 2.05) is 44.2 Å². The van der Waals surface area contributed by atoms with Crippen LogP contribution in [0.25, 0.3) is 0 Å². The maximum Gasteiger partial charge on any atom is 0.407 e. The fraction of sp³-hybridized carbons (Fsp3) is 0.516. The van der Waals surface area contributed by atoms with E-state index in [-0.39, 0.29) is 37.1 Å². The van der Waals surface area contributed by atoms with Crippen LogP contribution in [0.4, 0.5) is 4.79 Å². The summed E-state index contributed by atoms with van der Waals surface area (Å²) in [6.45, 7) is 8.38. The predicted octanol–water partition coefficient (Wildman–Crippen LogP) is 2.04. The Hall–Kier alpha value is -3.88. The van der Waals surface area contributed by atoms with Crippen LogP contribution in [0.2, 0.25) is 0 Å². The second-order valence-electron chi connectivity index (χ2n) is 12.3. The monoisotopic (exact) mass is 648 g/mol. The minimum atomic E-state index is -4.10.